The van der Waals surface area contributed by atoms with Crippen molar-refractivity contribution in [3.8, 4) is 0 Å². The Balaban J connectivity index is 1.39. The summed E-state index contributed by atoms with van der Waals surface area (Å²) in [6.45, 7) is 9.67. The second-order valence-corrected chi connectivity index (χ2v) is 11.0. The molecule has 0 aromatic carbocycles. The van der Waals surface area contributed by atoms with Crippen LogP contribution in [0.4, 0.5) is 0 Å². The number of fused-ring (bicyclic) bond motifs is 2. The molecule has 2 bridgehead atoms. The molecule has 0 radical (unpaired) electrons. The average molecular weight is 498 g/mol. The Morgan fingerprint density at radius 3 is 2.54 bits per heavy atom. The summed E-state index contributed by atoms with van der Waals surface area (Å²) in [5.41, 5.74) is -0.738. The molecule has 4 aliphatic heterocycles. The van der Waals surface area contributed by atoms with Crippen LogP contribution in [0.25, 0.3) is 0 Å². The van der Waals surface area contributed by atoms with Crippen molar-refractivity contribution >= 4 is 17.8 Å². The quantitative estimate of drug-likeness (QED) is 0.384. The van der Waals surface area contributed by atoms with Crippen molar-refractivity contribution in [3.63, 3.8) is 0 Å². The standard InChI is InChI=1S/C25H39NO9/c1-6-13(2)20(21(29)30)26-18(27)9-10-19(28)31-22-15(4)17-8-7-14(3)16-11-12-24(5)33-23(32-22)25(16,17)35-34-24/h13-17,20,22-23H,6-12H2,1-5H3,(H,26,27)(H,29,30)/t13-,14-,15-,16+,17+,20+,22-,23-,24+,25-/m1/s1. The van der Waals surface area contributed by atoms with Crippen LogP contribution in [0.5, 0.6) is 0 Å². The molecular weight excluding hydrogens is 458 g/mol. The summed E-state index contributed by atoms with van der Waals surface area (Å²) in [6.07, 6.45) is 2.23. The molecule has 35 heavy (non-hydrogen) atoms. The summed E-state index contributed by atoms with van der Waals surface area (Å²) in [5.74, 6) is -2.80. The van der Waals surface area contributed by atoms with Crippen molar-refractivity contribution in [1.29, 1.82) is 0 Å². The van der Waals surface area contributed by atoms with Gasteiger partial charge in [-0.1, -0.05) is 34.1 Å². The molecule has 5 fully saturated rings. The molecule has 1 saturated carbocycles. The van der Waals surface area contributed by atoms with Crippen LogP contribution in [-0.4, -0.2) is 53.0 Å². The number of nitrogens with one attached hydrogen (secondary N) is 1. The zero-order chi connectivity index (χ0) is 25.5. The van der Waals surface area contributed by atoms with Gasteiger partial charge in [-0.15, -0.1) is 0 Å². The van der Waals surface area contributed by atoms with E-state index in [0.29, 0.717) is 18.8 Å². The molecule has 2 N–H and O–H groups in total. The van der Waals surface area contributed by atoms with Crippen LogP contribution in [0.2, 0.25) is 0 Å². The molecule has 0 unspecified atom stereocenters. The Labute approximate surface area is 206 Å². The molecule has 5 rings (SSSR count). The molecule has 1 spiro atoms. The predicted octanol–water partition coefficient (Wildman–Crippen LogP) is 3.13. The van der Waals surface area contributed by atoms with E-state index in [1.54, 1.807) is 6.92 Å². The van der Waals surface area contributed by atoms with Gasteiger partial charge >= 0.3 is 11.9 Å². The third-order valence-corrected chi connectivity index (χ3v) is 8.70. The zero-order valence-electron chi connectivity index (χ0n) is 21.3. The van der Waals surface area contributed by atoms with Crippen LogP contribution in [0.1, 0.15) is 79.6 Å². The molecule has 4 saturated heterocycles. The molecule has 4 heterocycles. The van der Waals surface area contributed by atoms with E-state index in [0.717, 1.165) is 19.3 Å². The molecule has 1 amide bonds. The number of esters is 1. The van der Waals surface area contributed by atoms with Gasteiger partial charge in [0.2, 0.25) is 18.0 Å². The van der Waals surface area contributed by atoms with Crippen molar-refractivity contribution in [1.82, 2.24) is 5.32 Å². The third kappa shape index (κ3) is 4.82. The number of hydrogen-bond acceptors (Lipinski definition) is 8. The predicted molar refractivity (Wildman–Crippen MR) is 121 cm³/mol. The van der Waals surface area contributed by atoms with Gasteiger partial charge < -0.3 is 24.6 Å². The highest BCUT2D eigenvalue weighted by Gasteiger charge is 2.69. The lowest BCUT2D eigenvalue weighted by Gasteiger charge is -2.59. The van der Waals surface area contributed by atoms with Crippen LogP contribution in [0, 0.1) is 29.6 Å². The fourth-order valence-corrected chi connectivity index (χ4v) is 6.34. The molecule has 5 aliphatic rings. The van der Waals surface area contributed by atoms with Crippen molar-refractivity contribution in [2.24, 2.45) is 29.6 Å². The fourth-order valence-electron chi connectivity index (χ4n) is 6.34. The van der Waals surface area contributed by atoms with Gasteiger partial charge in [-0.25, -0.2) is 14.6 Å². The molecule has 10 nitrogen and oxygen atoms in total. The fraction of sp³-hybridized carbons (Fsp3) is 0.880. The highest BCUT2D eigenvalue weighted by molar-refractivity contribution is 5.85. The van der Waals surface area contributed by atoms with Gasteiger partial charge in [0, 0.05) is 24.7 Å². The zero-order valence-corrected chi connectivity index (χ0v) is 21.3. The first-order valence-electron chi connectivity index (χ1n) is 12.9. The highest BCUT2D eigenvalue weighted by atomic mass is 17.3. The molecule has 10 heteroatoms. The van der Waals surface area contributed by atoms with Crippen molar-refractivity contribution < 1.29 is 43.5 Å². The third-order valence-electron chi connectivity index (χ3n) is 8.70. The molecule has 10 atom stereocenters. The number of carbonyl (C=O) groups is 3. The summed E-state index contributed by atoms with van der Waals surface area (Å²) in [4.78, 5) is 48.3. The van der Waals surface area contributed by atoms with Crippen LogP contribution < -0.4 is 5.32 Å². The Bertz CT molecular complexity index is 836. The maximum absolute atomic E-state index is 12.7. The minimum atomic E-state index is -1.09. The number of ether oxygens (including phenoxy) is 3. The lowest BCUT2D eigenvalue weighted by atomic mass is 9.58. The van der Waals surface area contributed by atoms with Gasteiger partial charge in [0.1, 0.15) is 6.04 Å². The molecule has 1 aliphatic carbocycles. The molecular formula is C25H39NO9. The summed E-state index contributed by atoms with van der Waals surface area (Å²) >= 11 is 0. The normalized spacial score (nSPS) is 41.7. The SMILES string of the molecule is CC[C@@H](C)[C@H](NC(=O)CCC(=O)O[C@@H]1O[C@@H]2O[C@]3(C)CC[C@H]4[C@H](C)CC[C@@H]([C@H]1C)[C@@]24OO3)C(=O)O. The number of aliphatic carboxylic acids is 1. The van der Waals surface area contributed by atoms with E-state index in [9.17, 15) is 19.5 Å². The molecule has 0 aromatic heterocycles. The van der Waals surface area contributed by atoms with Gasteiger partial charge in [-0.2, -0.15) is 0 Å². The number of carboxylic acids is 1. The van der Waals surface area contributed by atoms with Crippen LogP contribution >= 0.6 is 0 Å². The number of carbonyl (C=O) groups excluding carboxylic acids is 2. The van der Waals surface area contributed by atoms with Gasteiger partial charge in [-0.3, -0.25) is 9.59 Å². The smallest absolute Gasteiger partial charge is 0.326 e. The summed E-state index contributed by atoms with van der Waals surface area (Å²) in [6, 6.07) is -0.991. The number of amides is 1. The monoisotopic (exact) mass is 497 g/mol. The van der Waals surface area contributed by atoms with Crippen molar-refractivity contribution in [2.75, 3.05) is 0 Å². The molecule has 198 valence electrons. The number of carboxylic acid groups (broad SMARTS) is 1. The first-order valence-corrected chi connectivity index (χ1v) is 12.9. The van der Waals surface area contributed by atoms with Gasteiger partial charge in [0.05, 0.1) is 6.42 Å². The van der Waals surface area contributed by atoms with Gasteiger partial charge in [-0.05, 0) is 43.9 Å². The second-order valence-electron chi connectivity index (χ2n) is 11.0. The molecule has 0 aromatic rings. The van der Waals surface area contributed by atoms with E-state index >= 15 is 0 Å². The van der Waals surface area contributed by atoms with Crippen LogP contribution in [-0.2, 0) is 38.4 Å². The van der Waals surface area contributed by atoms with E-state index in [2.05, 4.69) is 12.2 Å². The second kappa shape index (κ2) is 9.95. The van der Waals surface area contributed by atoms with E-state index in [1.807, 2.05) is 20.8 Å². The number of rotatable bonds is 8. The van der Waals surface area contributed by atoms with Gasteiger partial charge in [0.25, 0.3) is 0 Å². The lowest BCUT2D eigenvalue weighted by molar-refractivity contribution is -0.576. The minimum absolute atomic E-state index is 0.0260. The average Bonchev–Trinajstić information content (AvgIpc) is 3.04. The van der Waals surface area contributed by atoms with Crippen molar-refractivity contribution in [3.05, 3.63) is 0 Å². The van der Waals surface area contributed by atoms with E-state index in [1.165, 1.54) is 0 Å². The lowest BCUT2D eigenvalue weighted by Crippen LogP contribution is -2.70. The Hall–Kier alpha value is -1.75. The first kappa shape index (κ1) is 26.3. The van der Waals surface area contributed by atoms with Crippen LogP contribution in [0.3, 0.4) is 0 Å². The van der Waals surface area contributed by atoms with Crippen LogP contribution in [0.15, 0.2) is 0 Å². The van der Waals surface area contributed by atoms with E-state index in [-0.39, 0.29) is 36.5 Å². The maximum atomic E-state index is 12.7. The van der Waals surface area contributed by atoms with E-state index in [4.69, 9.17) is 24.0 Å². The Morgan fingerprint density at radius 1 is 1.11 bits per heavy atom. The summed E-state index contributed by atoms with van der Waals surface area (Å²) in [5, 5.41) is 11.9. The largest absolute Gasteiger partial charge is 0.480 e. The topological polar surface area (TPSA) is 130 Å². The maximum Gasteiger partial charge on any atom is 0.326 e. The van der Waals surface area contributed by atoms with Crippen molar-refractivity contribution in [2.45, 2.75) is 110 Å². The minimum Gasteiger partial charge on any atom is -0.480 e. The van der Waals surface area contributed by atoms with Gasteiger partial charge in [0.15, 0.2) is 11.9 Å². The summed E-state index contributed by atoms with van der Waals surface area (Å²) < 4.78 is 18.2. The first-order chi connectivity index (χ1) is 16.5. The highest BCUT2D eigenvalue weighted by Crippen LogP contribution is 2.60. The Morgan fingerprint density at radius 2 is 1.86 bits per heavy atom. The number of hydrogen-bond donors (Lipinski definition) is 2. The Kier molecular flexibility index (Phi) is 7.48. The summed E-state index contributed by atoms with van der Waals surface area (Å²) in [7, 11) is 0. The van der Waals surface area contributed by atoms with E-state index < -0.39 is 47.9 Å².